The highest BCUT2D eigenvalue weighted by Gasteiger charge is 2.39. The quantitative estimate of drug-likeness (QED) is 0.795. The van der Waals surface area contributed by atoms with Gasteiger partial charge in [0.1, 0.15) is 0 Å². The number of hydrogen-bond acceptors (Lipinski definition) is 5. The molecule has 1 aromatic rings. The minimum Gasteiger partial charge on any atom is -0.346 e. The first-order valence-corrected chi connectivity index (χ1v) is 8.43. The fourth-order valence-electron chi connectivity index (χ4n) is 3.45. The van der Waals surface area contributed by atoms with E-state index < -0.39 is 0 Å². The second-order valence-corrected chi connectivity index (χ2v) is 6.74. The molecule has 1 aromatic heterocycles. The first-order valence-electron chi connectivity index (χ1n) is 8.43. The monoisotopic (exact) mass is 318 g/mol. The molecule has 1 aliphatic carbocycles. The van der Waals surface area contributed by atoms with Crippen LogP contribution in [0.25, 0.3) is 0 Å². The first kappa shape index (κ1) is 14.6. The Bertz CT molecular complexity index is 605. The van der Waals surface area contributed by atoms with Crippen LogP contribution in [0.1, 0.15) is 48.6 Å². The third-order valence-corrected chi connectivity index (χ3v) is 4.87. The summed E-state index contributed by atoms with van der Waals surface area (Å²) in [4.78, 5) is 26.2. The molecule has 8 nitrogen and oxygen atoms in total. The van der Waals surface area contributed by atoms with Crippen LogP contribution in [0.15, 0.2) is 6.20 Å². The fourth-order valence-corrected chi connectivity index (χ4v) is 3.45. The predicted octanol–water partition coefficient (Wildman–Crippen LogP) is -0.304. The van der Waals surface area contributed by atoms with Gasteiger partial charge in [-0.25, -0.2) is 4.68 Å². The van der Waals surface area contributed by atoms with Crippen LogP contribution in [0.2, 0.25) is 0 Å². The summed E-state index contributed by atoms with van der Waals surface area (Å²) in [6, 6.07) is 0.553. The van der Waals surface area contributed by atoms with Crippen LogP contribution in [0.4, 0.5) is 0 Å². The molecule has 23 heavy (non-hydrogen) atoms. The van der Waals surface area contributed by atoms with Gasteiger partial charge in [0.2, 0.25) is 5.91 Å². The summed E-state index contributed by atoms with van der Waals surface area (Å²) in [6.07, 6.45) is 6.44. The fraction of sp³-hybridized carbons (Fsp3) is 0.733. The molecule has 2 unspecified atom stereocenters. The van der Waals surface area contributed by atoms with Gasteiger partial charge in [0.15, 0.2) is 5.69 Å². The van der Waals surface area contributed by atoms with E-state index in [0.717, 1.165) is 38.8 Å². The van der Waals surface area contributed by atoms with Gasteiger partial charge < -0.3 is 15.5 Å². The van der Waals surface area contributed by atoms with Crippen molar-refractivity contribution in [2.24, 2.45) is 0 Å². The van der Waals surface area contributed by atoms with Gasteiger partial charge in [-0.15, -0.1) is 5.10 Å². The number of nitrogens with zero attached hydrogens (tertiary/aromatic N) is 4. The number of carbonyl (C=O) groups is 2. The van der Waals surface area contributed by atoms with E-state index in [2.05, 4.69) is 20.9 Å². The van der Waals surface area contributed by atoms with Crippen LogP contribution >= 0.6 is 0 Å². The lowest BCUT2D eigenvalue weighted by atomic mass is 10.1. The molecule has 0 bridgehead atoms. The average Bonchev–Trinajstić information content (AvgIpc) is 3.16. The molecule has 3 aliphatic rings. The molecule has 2 N–H and O–H groups in total. The Labute approximate surface area is 134 Å². The smallest absolute Gasteiger partial charge is 0.273 e. The van der Waals surface area contributed by atoms with Gasteiger partial charge in [-0.1, -0.05) is 5.21 Å². The number of carbonyl (C=O) groups excluding carboxylic acids is 2. The van der Waals surface area contributed by atoms with E-state index >= 15 is 0 Å². The number of rotatable bonds is 4. The van der Waals surface area contributed by atoms with Gasteiger partial charge in [-0.2, -0.15) is 0 Å². The molecule has 0 aromatic carbocycles. The van der Waals surface area contributed by atoms with Crippen LogP contribution in [0.3, 0.4) is 0 Å². The van der Waals surface area contributed by atoms with Crippen molar-refractivity contribution in [1.82, 2.24) is 30.5 Å². The SMILES string of the molecule is O=C(NC1CC(=O)N(C2CC2)C1)c1cn(C2CCCNC2)nn1. The summed E-state index contributed by atoms with van der Waals surface area (Å²) in [5.74, 6) is -0.0924. The van der Waals surface area contributed by atoms with Crippen molar-refractivity contribution in [2.45, 2.75) is 50.2 Å². The average molecular weight is 318 g/mol. The highest BCUT2D eigenvalue weighted by atomic mass is 16.2. The van der Waals surface area contributed by atoms with E-state index in [1.54, 1.807) is 10.9 Å². The van der Waals surface area contributed by atoms with E-state index in [4.69, 9.17) is 0 Å². The minimum absolute atomic E-state index is 0.114. The standard InChI is InChI=1S/C15H22N6O2/c22-14-6-10(8-20(14)11-3-4-11)17-15(23)13-9-21(19-18-13)12-2-1-5-16-7-12/h9-12,16H,1-8H2,(H,17,23). The van der Waals surface area contributed by atoms with E-state index in [9.17, 15) is 9.59 Å². The predicted molar refractivity (Wildman–Crippen MR) is 81.8 cm³/mol. The number of aromatic nitrogens is 3. The molecule has 0 spiro atoms. The summed E-state index contributed by atoms with van der Waals surface area (Å²) in [6.45, 7) is 2.51. The lowest BCUT2D eigenvalue weighted by molar-refractivity contribution is -0.128. The molecular formula is C15H22N6O2. The number of nitrogens with one attached hydrogen (secondary N) is 2. The lowest BCUT2D eigenvalue weighted by Crippen LogP contribution is -2.37. The van der Waals surface area contributed by atoms with Crippen LogP contribution in [-0.4, -0.2) is 63.4 Å². The van der Waals surface area contributed by atoms with Crippen molar-refractivity contribution in [3.8, 4) is 0 Å². The van der Waals surface area contributed by atoms with Gasteiger partial charge in [0.05, 0.1) is 18.3 Å². The van der Waals surface area contributed by atoms with Crippen molar-refractivity contribution in [1.29, 1.82) is 0 Å². The summed E-state index contributed by atoms with van der Waals surface area (Å²) < 4.78 is 1.78. The Morgan fingerprint density at radius 2 is 2.17 bits per heavy atom. The second kappa shape index (κ2) is 5.92. The summed E-state index contributed by atoms with van der Waals surface area (Å²) >= 11 is 0. The van der Waals surface area contributed by atoms with Crippen molar-refractivity contribution in [3.05, 3.63) is 11.9 Å². The highest BCUT2D eigenvalue weighted by molar-refractivity contribution is 5.93. The molecule has 4 rings (SSSR count). The zero-order chi connectivity index (χ0) is 15.8. The van der Waals surface area contributed by atoms with E-state index in [1.807, 2.05) is 4.90 Å². The summed E-state index contributed by atoms with van der Waals surface area (Å²) in [7, 11) is 0. The Hall–Kier alpha value is -1.96. The Morgan fingerprint density at radius 1 is 1.30 bits per heavy atom. The van der Waals surface area contributed by atoms with Gasteiger partial charge in [-0.05, 0) is 32.2 Å². The van der Waals surface area contributed by atoms with Crippen molar-refractivity contribution in [3.63, 3.8) is 0 Å². The maximum Gasteiger partial charge on any atom is 0.273 e. The van der Waals surface area contributed by atoms with E-state index in [-0.39, 0.29) is 23.9 Å². The second-order valence-electron chi connectivity index (χ2n) is 6.74. The lowest BCUT2D eigenvalue weighted by Gasteiger charge is -2.22. The molecule has 8 heteroatoms. The number of hydrogen-bond donors (Lipinski definition) is 2. The molecule has 2 atom stereocenters. The van der Waals surface area contributed by atoms with Gasteiger partial charge in [0, 0.05) is 25.6 Å². The van der Waals surface area contributed by atoms with E-state index in [0.29, 0.717) is 24.7 Å². The van der Waals surface area contributed by atoms with E-state index in [1.165, 1.54) is 0 Å². The maximum atomic E-state index is 12.3. The Kier molecular flexibility index (Phi) is 3.76. The first-order chi connectivity index (χ1) is 11.2. The molecule has 0 radical (unpaired) electrons. The number of amides is 2. The Balaban J connectivity index is 1.36. The maximum absolute atomic E-state index is 12.3. The number of likely N-dealkylation sites (tertiary alicyclic amines) is 1. The highest BCUT2D eigenvalue weighted by Crippen LogP contribution is 2.30. The Morgan fingerprint density at radius 3 is 2.91 bits per heavy atom. The van der Waals surface area contributed by atoms with Crippen LogP contribution in [-0.2, 0) is 4.79 Å². The molecule has 124 valence electrons. The minimum atomic E-state index is -0.240. The topological polar surface area (TPSA) is 92.2 Å². The molecular weight excluding hydrogens is 296 g/mol. The van der Waals surface area contributed by atoms with Crippen molar-refractivity contribution >= 4 is 11.8 Å². The third-order valence-electron chi connectivity index (χ3n) is 4.87. The van der Waals surface area contributed by atoms with Gasteiger partial charge in [0.25, 0.3) is 5.91 Å². The zero-order valence-electron chi connectivity index (χ0n) is 13.1. The largest absolute Gasteiger partial charge is 0.346 e. The van der Waals surface area contributed by atoms with Gasteiger partial charge in [-0.3, -0.25) is 9.59 Å². The van der Waals surface area contributed by atoms with Crippen LogP contribution in [0, 0.1) is 0 Å². The molecule has 2 aliphatic heterocycles. The molecule has 2 amide bonds. The van der Waals surface area contributed by atoms with Crippen LogP contribution in [0.5, 0.6) is 0 Å². The molecule has 3 fully saturated rings. The number of piperidine rings is 1. The van der Waals surface area contributed by atoms with Gasteiger partial charge >= 0.3 is 0 Å². The zero-order valence-corrected chi connectivity index (χ0v) is 13.1. The van der Waals surface area contributed by atoms with Crippen molar-refractivity contribution < 1.29 is 9.59 Å². The third kappa shape index (κ3) is 3.08. The molecule has 1 saturated carbocycles. The molecule has 3 heterocycles. The summed E-state index contributed by atoms with van der Waals surface area (Å²) in [5, 5.41) is 14.3. The normalized spacial score (nSPS) is 28.2. The van der Waals surface area contributed by atoms with Crippen molar-refractivity contribution in [2.75, 3.05) is 19.6 Å². The summed E-state index contributed by atoms with van der Waals surface area (Å²) in [5.41, 5.74) is 0.327. The molecule has 2 saturated heterocycles. The van der Waals surface area contributed by atoms with Crippen LogP contribution < -0.4 is 10.6 Å².